The summed E-state index contributed by atoms with van der Waals surface area (Å²) < 4.78 is 10.9. The molecule has 0 radical (unpaired) electrons. The summed E-state index contributed by atoms with van der Waals surface area (Å²) in [7, 11) is 0. The monoisotopic (exact) mass is 266 g/mol. The van der Waals surface area contributed by atoms with E-state index in [1.165, 1.54) is 24.3 Å². The van der Waals surface area contributed by atoms with E-state index >= 15 is 0 Å². The quantitative estimate of drug-likeness (QED) is 0.481. The van der Waals surface area contributed by atoms with E-state index in [4.69, 9.17) is 19.2 Å². The van der Waals surface area contributed by atoms with E-state index in [0.717, 1.165) is 0 Å². The molecular formula is C13H14O6. The van der Waals surface area contributed by atoms with Crippen LogP contribution in [0.1, 0.15) is 20.3 Å². The summed E-state index contributed by atoms with van der Waals surface area (Å²) in [6.07, 6.45) is 4.55. The van der Waals surface area contributed by atoms with Gasteiger partial charge < -0.3 is 9.47 Å². The Kier molecular flexibility index (Phi) is 2.63. The lowest BCUT2D eigenvalue weighted by Gasteiger charge is -2.48. The van der Waals surface area contributed by atoms with Gasteiger partial charge >= 0.3 is 5.97 Å². The van der Waals surface area contributed by atoms with Crippen LogP contribution in [-0.2, 0) is 28.8 Å². The minimum atomic E-state index is -1.23. The van der Waals surface area contributed by atoms with Crippen molar-refractivity contribution in [1.29, 1.82) is 0 Å². The maximum Gasteiger partial charge on any atom is 0.308 e. The number of fused-ring (bicyclic) bond motifs is 1. The Bertz CT molecular complexity index is 473. The summed E-state index contributed by atoms with van der Waals surface area (Å²) in [5, 5.41) is 0. The zero-order valence-corrected chi connectivity index (χ0v) is 10.6. The summed E-state index contributed by atoms with van der Waals surface area (Å²) >= 11 is 0. The van der Waals surface area contributed by atoms with Gasteiger partial charge in [-0.3, -0.25) is 9.59 Å². The number of ketones is 1. The first kappa shape index (κ1) is 12.5. The molecule has 0 aromatic rings. The Labute approximate surface area is 109 Å². The number of carbonyl (C=O) groups is 2. The predicted molar refractivity (Wildman–Crippen MR) is 61.3 cm³/mol. The van der Waals surface area contributed by atoms with Crippen molar-refractivity contribution in [3.8, 4) is 0 Å². The van der Waals surface area contributed by atoms with Crippen LogP contribution in [0.2, 0.25) is 0 Å². The summed E-state index contributed by atoms with van der Waals surface area (Å²) in [6, 6.07) is 0. The van der Waals surface area contributed by atoms with E-state index in [0.29, 0.717) is 0 Å². The molecule has 1 aliphatic carbocycles. The van der Waals surface area contributed by atoms with Crippen molar-refractivity contribution in [1.82, 2.24) is 0 Å². The van der Waals surface area contributed by atoms with Crippen LogP contribution in [0.5, 0.6) is 0 Å². The Morgan fingerprint density at radius 3 is 2.58 bits per heavy atom. The van der Waals surface area contributed by atoms with Gasteiger partial charge in [0.1, 0.15) is 6.10 Å². The van der Waals surface area contributed by atoms with Gasteiger partial charge in [-0.2, -0.15) is 9.78 Å². The molecule has 0 aromatic carbocycles. The second-order valence-corrected chi connectivity index (χ2v) is 5.53. The normalized spacial score (nSPS) is 35.1. The Morgan fingerprint density at radius 1 is 1.21 bits per heavy atom. The van der Waals surface area contributed by atoms with Crippen molar-refractivity contribution in [2.75, 3.05) is 0 Å². The largest absolute Gasteiger partial charge is 0.430 e. The van der Waals surface area contributed by atoms with Crippen LogP contribution in [0.3, 0.4) is 0 Å². The highest BCUT2D eigenvalue weighted by molar-refractivity contribution is 6.00. The summed E-state index contributed by atoms with van der Waals surface area (Å²) in [5.74, 6) is -1.72. The molecule has 0 aromatic heterocycles. The fourth-order valence-electron chi connectivity index (χ4n) is 2.34. The molecule has 6 nitrogen and oxygen atoms in total. The topological polar surface area (TPSA) is 71.1 Å². The number of ether oxygens (including phenoxy) is 2. The van der Waals surface area contributed by atoms with Gasteiger partial charge in [0.25, 0.3) is 6.29 Å². The van der Waals surface area contributed by atoms with Crippen LogP contribution in [0.15, 0.2) is 24.3 Å². The minimum Gasteiger partial charge on any atom is -0.430 e. The predicted octanol–water partition coefficient (Wildman–Crippen LogP) is 1.02. The molecule has 2 atom stereocenters. The number of esters is 1. The van der Waals surface area contributed by atoms with Crippen LogP contribution >= 0.6 is 0 Å². The highest BCUT2D eigenvalue weighted by Gasteiger charge is 2.54. The minimum absolute atomic E-state index is 0.144. The van der Waals surface area contributed by atoms with Gasteiger partial charge in [-0.05, 0) is 24.3 Å². The van der Waals surface area contributed by atoms with Crippen LogP contribution in [0.25, 0.3) is 0 Å². The van der Waals surface area contributed by atoms with E-state index in [1.807, 2.05) is 13.8 Å². The molecule has 2 saturated heterocycles. The molecule has 6 heteroatoms. The van der Waals surface area contributed by atoms with Gasteiger partial charge in [0.2, 0.25) is 5.79 Å². The Morgan fingerprint density at radius 2 is 1.89 bits per heavy atom. The molecule has 19 heavy (non-hydrogen) atoms. The van der Waals surface area contributed by atoms with Crippen molar-refractivity contribution in [3.05, 3.63) is 24.3 Å². The number of rotatable bonds is 0. The number of hydrogen-bond donors (Lipinski definition) is 0. The molecule has 0 bridgehead atoms. The standard InChI is InChI=1S/C13H14O6/c1-12(2)7-9(15)16-11-10(12)17-13(19-18-11)5-3-8(14)4-6-13/h3-6,10-11H,7H2,1-2H3/t10-,11+/m0/s1. The SMILES string of the molecule is CC1(C)CC(=O)O[C@@H]2OOC3(C=CC(=O)C=C3)O[C@@H]21. The van der Waals surface area contributed by atoms with Gasteiger partial charge in [-0.15, -0.1) is 0 Å². The van der Waals surface area contributed by atoms with Gasteiger partial charge in [0.05, 0.1) is 6.42 Å². The zero-order valence-electron chi connectivity index (χ0n) is 10.6. The van der Waals surface area contributed by atoms with Crippen molar-refractivity contribution < 1.29 is 28.8 Å². The van der Waals surface area contributed by atoms with Crippen LogP contribution in [0, 0.1) is 5.41 Å². The second-order valence-electron chi connectivity index (χ2n) is 5.53. The van der Waals surface area contributed by atoms with Gasteiger partial charge in [0.15, 0.2) is 5.78 Å². The van der Waals surface area contributed by atoms with Crippen LogP contribution in [0.4, 0.5) is 0 Å². The fraction of sp³-hybridized carbons (Fsp3) is 0.538. The third-order valence-corrected chi connectivity index (χ3v) is 3.41. The third-order valence-electron chi connectivity index (χ3n) is 3.41. The van der Waals surface area contributed by atoms with Crippen LogP contribution in [-0.4, -0.2) is 29.9 Å². The summed E-state index contributed by atoms with van der Waals surface area (Å²) in [5.41, 5.74) is -0.445. The van der Waals surface area contributed by atoms with Gasteiger partial charge in [-0.1, -0.05) is 13.8 Å². The zero-order chi connectivity index (χ0) is 13.7. The van der Waals surface area contributed by atoms with Crippen molar-refractivity contribution in [3.63, 3.8) is 0 Å². The van der Waals surface area contributed by atoms with Crippen molar-refractivity contribution in [2.24, 2.45) is 5.41 Å². The molecule has 3 rings (SSSR count). The summed E-state index contributed by atoms with van der Waals surface area (Å²) in [6.45, 7) is 3.80. The Balaban J connectivity index is 1.86. The van der Waals surface area contributed by atoms with E-state index in [9.17, 15) is 9.59 Å². The lowest BCUT2D eigenvalue weighted by Crippen LogP contribution is -2.59. The lowest BCUT2D eigenvalue weighted by molar-refractivity contribution is -0.516. The maximum atomic E-state index is 11.5. The van der Waals surface area contributed by atoms with Gasteiger partial charge in [-0.25, -0.2) is 0 Å². The van der Waals surface area contributed by atoms with Crippen molar-refractivity contribution in [2.45, 2.75) is 38.4 Å². The molecule has 3 aliphatic rings. The number of allylic oxidation sites excluding steroid dienone is 2. The van der Waals surface area contributed by atoms with E-state index in [2.05, 4.69) is 0 Å². The third kappa shape index (κ3) is 2.11. The number of carbonyl (C=O) groups excluding carboxylic acids is 2. The maximum absolute atomic E-state index is 11.5. The van der Waals surface area contributed by atoms with E-state index < -0.39 is 23.6 Å². The highest BCUT2D eigenvalue weighted by Crippen LogP contribution is 2.42. The molecular weight excluding hydrogens is 252 g/mol. The molecule has 0 N–H and O–H groups in total. The number of hydrogen-bond acceptors (Lipinski definition) is 6. The molecule has 2 heterocycles. The summed E-state index contributed by atoms with van der Waals surface area (Å²) in [4.78, 5) is 32.9. The smallest absolute Gasteiger partial charge is 0.308 e. The molecule has 0 saturated carbocycles. The van der Waals surface area contributed by atoms with E-state index in [1.54, 1.807) is 0 Å². The van der Waals surface area contributed by atoms with Crippen LogP contribution < -0.4 is 0 Å². The average Bonchev–Trinajstić information content (AvgIpc) is 2.34. The first-order valence-electron chi connectivity index (χ1n) is 6.04. The highest BCUT2D eigenvalue weighted by atomic mass is 17.3. The Hall–Kier alpha value is -1.50. The average molecular weight is 266 g/mol. The first-order chi connectivity index (χ1) is 8.90. The van der Waals surface area contributed by atoms with Crippen molar-refractivity contribution >= 4 is 11.8 Å². The first-order valence-corrected chi connectivity index (χ1v) is 6.04. The molecule has 0 amide bonds. The molecule has 102 valence electrons. The second kappa shape index (κ2) is 4.00. The molecule has 0 unspecified atom stereocenters. The molecule has 1 spiro atoms. The van der Waals surface area contributed by atoms with Gasteiger partial charge in [0, 0.05) is 5.41 Å². The molecule has 2 fully saturated rings. The fourth-order valence-corrected chi connectivity index (χ4v) is 2.34. The lowest BCUT2D eigenvalue weighted by atomic mass is 9.80. The van der Waals surface area contributed by atoms with E-state index in [-0.39, 0.29) is 18.2 Å². The molecule has 2 aliphatic heterocycles.